The van der Waals surface area contributed by atoms with Gasteiger partial charge in [0.05, 0.1) is 0 Å². The van der Waals surface area contributed by atoms with E-state index in [4.69, 9.17) is 5.11 Å². The summed E-state index contributed by atoms with van der Waals surface area (Å²) in [6.07, 6.45) is 2.81. The first-order valence-electron chi connectivity index (χ1n) is 6.78. The highest BCUT2D eigenvalue weighted by molar-refractivity contribution is 5.83. The molecule has 1 fully saturated rings. The second kappa shape index (κ2) is 6.61. The summed E-state index contributed by atoms with van der Waals surface area (Å²) >= 11 is 0. The van der Waals surface area contributed by atoms with Gasteiger partial charge in [0.2, 0.25) is 0 Å². The van der Waals surface area contributed by atoms with Crippen molar-refractivity contribution in [2.75, 3.05) is 13.1 Å². The second-order valence-corrected chi connectivity index (χ2v) is 5.11. The number of carbonyl (C=O) groups is 2. The number of amides is 2. The summed E-state index contributed by atoms with van der Waals surface area (Å²) < 4.78 is 0. The topological polar surface area (TPSA) is 69.6 Å². The fourth-order valence-corrected chi connectivity index (χ4v) is 2.46. The molecule has 5 nitrogen and oxygen atoms in total. The normalized spacial score (nSPS) is 23.4. The van der Waals surface area contributed by atoms with Crippen molar-refractivity contribution in [3.05, 3.63) is 0 Å². The molecule has 5 heteroatoms. The lowest BCUT2D eigenvalue weighted by atomic mass is 10.0. The Labute approximate surface area is 109 Å². The number of carbonyl (C=O) groups excluding carboxylic acids is 1. The molecule has 1 saturated heterocycles. The fourth-order valence-electron chi connectivity index (χ4n) is 2.46. The van der Waals surface area contributed by atoms with E-state index in [0.717, 1.165) is 19.3 Å². The molecule has 2 N–H and O–H groups in total. The predicted molar refractivity (Wildman–Crippen MR) is 69.4 cm³/mol. The second-order valence-electron chi connectivity index (χ2n) is 5.11. The van der Waals surface area contributed by atoms with Gasteiger partial charge < -0.3 is 15.3 Å². The van der Waals surface area contributed by atoms with Crippen LogP contribution >= 0.6 is 0 Å². The molecule has 0 bridgehead atoms. The highest BCUT2D eigenvalue weighted by Gasteiger charge is 2.39. The Balaban J connectivity index is 2.53. The Morgan fingerprint density at radius 3 is 2.50 bits per heavy atom. The number of rotatable bonds is 5. The first kappa shape index (κ1) is 14.8. The van der Waals surface area contributed by atoms with Crippen molar-refractivity contribution < 1.29 is 14.7 Å². The zero-order valence-corrected chi connectivity index (χ0v) is 11.5. The molecule has 0 aromatic heterocycles. The number of carboxylic acid groups (broad SMARTS) is 1. The minimum atomic E-state index is -0.905. The highest BCUT2D eigenvalue weighted by atomic mass is 16.4. The zero-order chi connectivity index (χ0) is 13.7. The molecule has 2 unspecified atom stereocenters. The largest absolute Gasteiger partial charge is 0.480 e. The van der Waals surface area contributed by atoms with Crippen molar-refractivity contribution in [1.82, 2.24) is 10.2 Å². The van der Waals surface area contributed by atoms with Gasteiger partial charge >= 0.3 is 12.0 Å². The number of aliphatic carboxylic acids is 1. The van der Waals surface area contributed by atoms with E-state index in [1.165, 1.54) is 4.90 Å². The molecule has 104 valence electrons. The molecule has 2 amide bonds. The van der Waals surface area contributed by atoms with Crippen LogP contribution in [0.2, 0.25) is 0 Å². The third kappa shape index (κ3) is 3.37. The molecule has 0 aromatic carbocycles. The first-order valence-corrected chi connectivity index (χ1v) is 6.78. The summed E-state index contributed by atoms with van der Waals surface area (Å²) in [6, 6.07) is -0.912. The smallest absolute Gasteiger partial charge is 0.326 e. The van der Waals surface area contributed by atoms with E-state index < -0.39 is 12.0 Å². The van der Waals surface area contributed by atoms with Crippen molar-refractivity contribution >= 4 is 12.0 Å². The summed E-state index contributed by atoms with van der Waals surface area (Å²) in [5, 5.41) is 12.0. The van der Waals surface area contributed by atoms with E-state index in [9.17, 15) is 9.59 Å². The van der Waals surface area contributed by atoms with Crippen molar-refractivity contribution in [3.8, 4) is 0 Å². The number of nitrogens with zero attached hydrogens (tertiary/aromatic N) is 1. The summed E-state index contributed by atoms with van der Waals surface area (Å²) in [6.45, 7) is 7.24. The molecule has 1 heterocycles. The van der Waals surface area contributed by atoms with E-state index in [2.05, 4.69) is 19.2 Å². The van der Waals surface area contributed by atoms with Gasteiger partial charge in [-0.2, -0.15) is 0 Å². The SMILES string of the molecule is CCC(CC)CNC(=O)N1CCC(C)C1C(=O)O. The monoisotopic (exact) mass is 256 g/mol. The van der Waals surface area contributed by atoms with Gasteiger partial charge in [-0.1, -0.05) is 33.6 Å². The molecule has 0 aromatic rings. The molecular formula is C13H24N2O3. The average Bonchev–Trinajstić information content (AvgIpc) is 2.72. The molecule has 0 saturated carbocycles. The van der Waals surface area contributed by atoms with Gasteiger partial charge in [-0.15, -0.1) is 0 Å². The number of urea groups is 1. The van der Waals surface area contributed by atoms with Crippen LogP contribution in [0, 0.1) is 11.8 Å². The van der Waals surface area contributed by atoms with Crippen molar-refractivity contribution in [3.63, 3.8) is 0 Å². The Bertz CT molecular complexity index is 303. The highest BCUT2D eigenvalue weighted by Crippen LogP contribution is 2.24. The van der Waals surface area contributed by atoms with Gasteiger partial charge in [0.25, 0.3) is 0 Å². The molecule has 1 rings (SSSR count). The number of likely N-dealkylation sites (tertiary alicyclic amines) is 1. The van der Waals surface area contributed by atoms with Crippen molar-refractivity contribution in [2.45, 2.75) is 46.1 Å². The van der Waals surface area contributed by atoms with E-state index in [-0.39, 0.29) is 11.9 Å². The van der Waals surface area contributed by atoms with Gasteiger partial charge in [0.15, 0.2) is 0 Å². The van der Waals surface area contributed by atoms with Crippen LogP contribution in [0.15, 0.2) is 0 Å². The zero-order valence-electron chi connectivity index (χ0n) is 11.5. The molecule has 18 heavy (non-hydrogen) atoms. The first-order chi connectivity index (χ1) is 8.51. The maximum Gasteiger partial charge on any atom is 0.326 e. The van der Waals surface area contributed by atoms with Crippen molar-refractivity contribution in [2.24, 2.45) is 11.8 Å². The Morgan fingerprint density at radius 2 is 2.00 bits per heavy atom. The molecule has 2 atom stereocenters. The Morgan fingerprint density at radius 1 is 1.39 bits per heavy atom. The fraction of sp³-hybridized carbons (Fsp3) is 0.846. The molecule has 0 spiro atoms. The number of carboxylic acids is 1. The lowest BCUT2D eigenvalue weighted by Gasteiger charge is -2.24. The van der Waals surface area contributed by atoms with Gasteiger partial charge in [0, 0.05) is 13.1 Å². The minimum absolute atomic E-state index is 0.0291. The Hall–Kier alpha value is -1.26. The lowest BCUT2D eigenvalue weighted by molar-refractivity contribution is -0.142. The maximum atomic E-state index is 12.0. The lowest BCUT2D eigenvalue weighted by Crippen LogP contribution is -2.48. The van der Waals surface area contributed by atoms with Crippen LogP contribution in [0.1, 0.15) is 40.0 Å². The number of hydrogen-bond acceptors (Lipinski definition) is 2. The van der Waals surface area contributed by atoms with Gasteiger partial charge in [-0.3, -0.25) is 0 Å². The van der Waals surface area contributed by atoms with Crippen LogP contribution in [0.4, 0.5) is 4.79 Å². The minimum Gasteiger partial charge on any atom is -0.480 e. The van der Waals surface area contributed by atoms with E-state index >= 15 is 0 Å². The predicted octanol–water partition coefficient (Wildman–Crippen LogP) is 1.93. The Kier molecular flexibility index (Phi) is 5.44. The maximum absolute atomic E-state index is 12.0. The molecule has 1 aliphatic heterocycles. The molecular weight excluding hydrogens is 232 g/mol. The van der Waals surface area contributed by atoms with Gasteiger partial charge in [-0.25, -0.2) is 9.59 Å². The third-order valence-electron chi connectivity index (χ3n) is 3.91. The van der Waals surface area contributed by atoms with Gasteiger partial charge in [0.1, 0.15) is 6.04 Å². The van der Waals surface area contributed by atoms with Gasteiger partial charge in [-0.05, 0) is 18.3 Å². The van der Waals surface area contributed by atoms with Crippen LogP contribution in [-0.2, 0) is 4.79 Å². The summed E-state index contributed by atoms with van der Waals surface area (Å²) in [5.41, 5.74) is 0. The summed E-state index contributed by atoms with van der Waals surface area (Å²) in [7, 11) is 0. The van der Waals surface area contributed by atoms with Crippen LogP contribution < -0.4 is 5.32 Å². The summed E-state index contributed by atoms with van der Waals surface area (Å²) in [5.74, 6) is -0.406. The number of hydrogen-bond donors (Lipinski definition) is 2. The average molecular weight is 256 g/mol. The third-order valence-corrected chi connectivity index (χ3v) is 3.91. The van der Waals surface area contributed by atoms with Crippen LogP contribution in [0.3, 0.4) is 0 Å². The van der Waals surface area contributed by atoms with Crippen LogP contribution in [0.5, 0.6) is 0 Å². The molecule has 1 aliphatic rings. The summed E-state index contributed by atoms with van der Waals surface area (Å²) in [4.78, 5) is 24.6. The van der Waals surface area contributed by atoms with Crippen molar-refractivity contribution in [1.29, 1.82) is 0 Å². The van der Waals surface area contributed by atoms with E-state index in [1.54, 1.807) is 0 Å². The molecule has 0 radical (unpaired) electrons. The van der Waals surface area contributed by atoms with Crippen LogP contribution in [0.25, 0.3) is 0 Å². The molecule has 0 aliphatic carbocycles. The van der Waals surface area contributed by atoms with E-state index in [1.807, 2.05) is 6.92 Å². The van der Waals surface area contributed by atoms with E-state index in [0.29, 0.717) is 19.0 Å². The number of nitrogens with one attached hydrogen (secondary N) is 1. The standard InChI is InChI=1S/C13H24N2O3/c1-4-10(5-2)8-14-13(18)15-7-6-9(3)11(15)12(16)17/h9-11H,4-8H2,1-3H3,(H,14,18)(H,16,17). The van der Waals surface area contributed by atoms with Crippen LogP contribution in [-0.4, -0.2) is 41.1 Å². The quantitative estimate of drug-likeness (QED) is 0.789.